The van der Waals surface area contributed by atoms with E-state index >= 15 is 0 Å². The number of ether oxygens (including phenoxy) is 1. The van der Waals surface area contributed by atoms with E-state index in [1.165, 1.54) is 0 Å². The molecule has 0 aliphatic rings. The number of esters is 1. The summed E-state index contributed by atoms with van der Waals surface area (Å²) in [6, 6.07) is 3.27. The highest BCUT2D eigenvalue weighted by Gasteiger charge is 2.16. The minimum Gasteiger partial charge on any atom is -0.462 e. The van der Waals surface area contributed by atoms with Gasteiger partial charge >= 0.3 is 5.97 Å². The maximum atomic E-state index is 11.7. The summed E-state index contributed by atoms with van der Waals surface area (Å²) in [7, 11) is 0. The third-order valence-electron chi connectivity index (χ3n) is 2.09. The average Bonchev–Trinajstić information content (AvgIpc) is 2.25. The van der Waals surface area contributed by atoms with E-state index in [9.17, 15) is 4.79 Å². The Kier molecular flexibility index (Phi) is 4.96. The van der Waals surface area contributed by atoms with E-state index in [0.29, 0.717) is 28.6 Å². The number of rotatable bonds is 4. The van der Waals surface area contributed by atoms with Gasteiger partial charge in [0, 0.05) is 11.3 Å². The van der Waals surface area contributed by atoms with Gasteiger partial charge in [0.2, 0.25) is 0 Å². The lowest BCUT2D eigenvalue weighted by Gasteiger charge is -2.11. The zero-order chi connectivity index (χ0) is 12.1. The highest BCUT2D eigenvalue weighted by molar-refractivity contribution is 7.97. The van der Waals surface area contributed by atoms with Crippen molar-refractivity contribution in [1.82, 2.24) is 0 Å². The molecule has 0 bridgehead atoms. The molecule has 0 aliphatic carbocycles. The molecule has 0 atom stereocenters. The van der Waals surface area contributed by atoms with Crippen molar-refractivity contribution in [3.63, 3.8) is 0 Å². The van der Waals surface area contributed by atoms with E-state index in [1.54, 1.807) is 30.8 Å². The van der Waals surface area contributed by atoms with Crippen molar-refractivity contribution < 1.29 is 9.53 Å². The van der Waals surface area contributed by atoms with Crippen LogP contribution in [-0.4, -0.2) is 18.8 Å². The predicted octanol–water partition coefficient (Wildman–Crippen LogP) is 2.96. The van der Waals surface area contributed by atoms with Crippen molar-refractivity contribution in [2.24, 2.45) is 0 Å². The highest BCUT2D eigenvalue weighted by Crippen LogP contribution is 2.29. The van der Waals surface area contributed by atoms with Gasteiger partial charge < -0.3 is 10.5 Å². The van der Waals surface area contributed by atoms with Crippen LogP contribution < -0.4 is 5.73 Å². The van der Waals surface area contributed by atoms with Crippen molar-refractivity contribution in [2.75, 3.05) is 18.6 Å². The van der Waals surface area contributed by atoms with Crippen LogP contribution in [0.15, 0.2) is 12.1 Å². The monoisotopic (exact) mass is 259 g/mol. The number of carbonyl (C=O) groups excluding carboxylic acids is 1. The van der Waals surface area contributed by atoms with Crippen molar-refractivity contribution in [3.8, 4) is 0 Å². The van der Waals surface area contributed by atoms with Gasteiger partial charge in [0.1, 0.15) is 0 Å². The molecule has 0 fully saturated rings. The Morgan fingerprint density at radius 3 is 2.81 bits per heavy atom. The minimum absolute atomic E-state index is 0.347. The number of carbonyl (C=O) groups is 1. The van der Waals surface area contributed by atoms with Crippen molar-refractivity contribution in [2.45, 2.75) is 12.7 Å². The molecule has 0 amide bonds. The van der Waals surface area contributed by atoms with Crippen LogP contribution in [0.5, 0.6) is 0 Å². The van der Waals surface area contributed by atoms with E-state index < -0.39 is 0 Å². The molecule has 0 aromatic heterocycles. The van der Waals surface area contributed by atoms with Crippen LogP contribution >= 0.6 is 23.4 Å². The molecular formula is C11H14ClNO2S. The van der Waals surface area contributed by atoms with Crippen LogP contribution in [0.1, 0.15) is 22.8 Å². The van der Waals surface area contributed by atoms with Crippen LogP contribution in [0.4, 0.5) is 5.69 Å². The quantitative estimate of drug-likeness (QED) is 0.667. The van der Waals surface area contributed by atoms with E-state index in [1.807, 2.05) is 6.26 Å². The van der Waals surface area contributed by atoms with Crippen LogP contribution in [-0.2, 0) is 10.5 Å². The summed E-state index contributed by atoms with van der Waals surface area (Å²) in [4.78, 5) is 11.7. The predicted molar refractivity (Wildman–Crippen MR) is 69.0 cm³/mol. The first kappa shape index (κ1) is 13.2. The Morgan fingerprint density at radius 2 is 2.25 bits per heavy atom. The van der Waals surface area contributed by atoms with Gasteiger partial charge in [-0.15, -0.1) is 0 Å². The maximum absolute atomic E-state index is 11.7. The summed E-state index contributed by atoms with van der Waals surface area (Å²) >= 11 is 7.50. The van der Waals surface area contributed by atoms with Gasteiger partial charge in [0.15, 0.2) is 0 Å². The van der Waals surface area contributed by atoms with Crippen LogP contribution in [0.3, 0.4) is 0 Å². The second kappa shape index (κ2) is 6.01. The van der Waals surface area contributed by atoms with Crippen molar-refractivity contribution >= 4 is 35.0 Å². The van der Waals surface area contributed by atoms with E-state index in [-0.39, 0.29) is 5.97 Å². The fraction of sp³-hybridized carbons (Fsp3) is 0.364. The second-order valence-corrected chi connectivity index (χ2v) is 4.41. The Hall–Kier alpha value is -0.870. The Balaban J connectivity index is 3.17. The molecule has 0 heterocycles. The third kappa shape index (κ3) is 2.83. The molecule has 0 unspecified atom stereocenters. The standard InChI is InChI=1S/C11H14ClNO2S/c1-3-15-11(14)7-4-5-9(12)10(13)8(7)6-16-2/h4-5H,3,6,13H2,1-2H3. The van der Waals surface area contributed by atoms with Gasteiger partial charge in [-0.3, -0.25) is 0 Å². The normalized spacial score (nSPS) is 10.2. The minimum atomic E-state index is -0.352. The lowest BCUT2D eigenvalue weighted by atomic mass is 10.1. The highest BCUT2D eigenvalue weighted by atomic mass is 35.5. The van der Waals surface area contributed by atoms with Gasteiger partial charge in [-0.25, -0.2) is 4.79 Å². The first-order valence-corrected chi connectivity index (χ1v) is 6.61. The molecule has 0 spiro atoms. The topological polar surface area (TPSA) is 52.3 Å². The fourth-order valence-electron chi connectivity index (χ4n) is 1.34. The lowest BCUT2D eigenvalue weighted by molar-refractivity contribution is 0.0525. The SMILES string of the molecule is CCOC(=O)c1ccc(Cl)c(N)c1CSC. The number of nitrogens with two attached hydrogens (primary N) is 1. The second-order valence-electron chi connectivity index (χ2n) is 3.14. The number of halogens is 1. The Bertz CT molecular complexity index is 396. The van der Waals surface area contributed by atoms with Gasteiger partial charge in [-0.2, -0.15) is 11.8 Å². The molecule has 5 heteroatoms. The van der Waals surface area contributed by atoms with Crippen molar-refractivity contribution in [3.05, 3.63) is 28.3 Å². The van der Waals surface area contributed by atoms with Crippen LogP contribution in [0.2, 0.25) is 5.02 Å². The van der Waals surface area contributed by atoms with Crippen LogP contribution in [0.25, 0.3) is 0 Å². The molecule has 0 saturated carbocycles. The third-order valence-corrected chi connectivity index (χ3v) is 2.99. The molecule has 88 valence electrons. The van der Waals surface area contributed by atoms with Gasteiger partial charge in [-0.1, -0.05) is 11.6 Å². The summed E-state index contributed by atoms with van der Waals surface area (Å²) in [5.41, 5.74) is 7.56. The summed E-state index contributed by atoms with van der Waals surface area (Å²) in [6.45, 7) is 2.12. The van der Waals surface area contributed by atoms with Crippen molar-refractivity contribution in [1.29, 1.82) is 0 Å². The number of hydrogen-bond donors (Lipinski definition) is 1. The summed E-state index contributed by atoms with van der Waals surface area (Å²) in [5.74, 6) is 0.287. The number of thioether (sulfide) groups is 1. The van der Waals surface area contributed by atoms with Gasteiger partial charge in [0.05, 0.1) is 22.9 Å². The first-order valence-electron chi connectivity index (χ1n) is 4.84. The number of hydrogen-bond acceptors (Lipinski definition) is 4. The number of benzene rings is 1. The molecule has 3 nitrogen and oxygen atoms in total. The fourth-order valence-corrected chi connectivity index (χ4v) is 2.11. The number of nitrogen functional groups attached to an aromatic ring is 1. The summed E-state index contributed by atoms with van der Waals surface area (Å²) in [5, 5.41) is 0.470. The lowest BCUT2D eigenvalue weighted by Crippen LogP contribution is -2.10. The Morgan fingerprint density at radius 1 is 1.56 bits per heavy atom. The average molecular weight is 260 g/mol. The van der Waals surface area contributed by atoms with E-state index in [4.69, 9.17) is 22.1 Å². The molecule has 1 rings (SSSR count). The largest absolute Gasteiger partial charge is 0.462 e. The molecule has 1 aromatic rings. The molecule has 0 saturated heterocycles. The Labute approximate surface area is 104 Å². The van der Waals surface area contributed by atoms with Gasteiger partial charge in [0.25, 0.3) is 0 Å². The molecular weight excluding hydrogens is 246 g/mol. The summed E-state index contributed by atoms with van der Waals surface area (Å²) < 4.78 is 4.96. The van der Waals surface area contributed by atoms with E-state index in [2.05, 4.69) is 0 Å². The summed E-state index contributed by atoms with van der Waals surface area (Å²) in [6.07, 6.45) is 1.94. The number of anilines is 1. The molecule has 2 N–H and O–H groups in total. The molecule has 0 radical (unpaired) electrons. The van der Waals surface area contributed by atoms with Crippen LogP contribution in [0, 0.1) is 0 Å². The van der Waals surface area contributed by atoms with Gasteiger partial charge in [-0.05, 0) is 25.3 Å². The first-order chi connectivity index (χ1) is 7.61. The zero-order valence-electron chi connectivity index (χ0n) is 9.25. The molecule has 1 aromatic carbocycles. The molecule has 0 aliphatic heterocycles. The molecule has 16 heavy (non-hydrogen) atoms. The maximum Gasteiger partial charge on any atom is 0.338 e. The van der Waals surface area contributed by atoms with E-state index in [0.717, 1.165) is 5.56 Å². The smallest absolute Gasteiger partial charge is 0.338 e. The zero-order valence-corrected chi connectivity index (χ0v) is 10.8.